The third kappa shape index (κ3) is 3.52. The zero-order valence-corrected chi connectivity index (χ0v) is 18.7. The number of aromatic amines is 1. The molecule has 6 rings (SSSR count). The van der Waals surface area contributed by atoms with Gasteiger partial charge in [-0.1, -0.05) is 30.3 Å². The van der Waals surface area contributed by atoms with Crippen molar-refractivity contribution < 1.29 is 14.8 Å². The minimum Gasteiger partial charge on any atom is -0.733 e. The molecular formula is C26H22N5O4-. The Kier molecular flexibility index (Phi) is 5.01. The molecule has 9 nitrogen and oxygen atoms in total. The van der Waals surface area contributed by atoms with E-state index in [-0.39, 0.29) is 29.3 Å². The maximum absolute atomic E-state index is 13.7. The van der Waals surface area contributed by atoms with E-state index in [2.05, 4.69) is 9.97 Å². The summed E-state index contributed by atoms with van der Waals surface area (Å²) in [4.78, 5) is 38.0. The number of hydrogen-bond acceptors (Lipinski definition) is 6. The molecule has 0 spiro atoms. The number of H-pyrrole nitrogens is 1. The molecule has 4 heterocycles. The average Bonchev–Trinajstić information content (AvgIpc) is 3.25. The van der Waals surface area contributed by atoms with Crippen molar-refractivity contribution in [3.05, 3.63) is 101 Å². The van der Waals surface area contributed by atoms with Gasteiger partial charge in [0.15, 0.2) is 0 Å². The number of pyridine rings is 1. The first kappa shape index (κ1) is 21.3. The van der Waals surface area contributed by atoms with Crippen LogP contribution in [0.1, 0.15) is 28.4 Å². The Morgan fingerprint density at radius 1 is 1.09 bits per heavy atom. The van der Waals surface area contributed by atoms with Crippen LogP contribution in [0.3, 0.4) is 0 Å². The van der Waals surface area contributed by atoms with E-state index in [4.69, 9.17) is 0 Å². The summed E-state index contributed by atoms with van der Waals surface area (Å²) in [5.41, 5.74) is 4.31. The molecule has 35 heavy (non-hydrogen) atoms. The van der Waals surface area contributed by atoms with E-state index in [1.54, 1.807) is 40.4 Å². The van der Waals surface area contributed by atoms with Crippen molar-refractivity contribution >= 4 is 28.4 Å². The van der Waals surface area contributed by atoms with Gasteiger partial charge in [-0.05, 0) is 47.0 Å². The van der Waals surface area contributed by atoms with Crippen LogP contribution in [0.2, 0.25) is 0 Å². The molecule has 9 heteroatoms. The first-order valence-corrected chi connectivity index (χ1v) is 11.4. The standard InChI is InChI=1S/C26H22N5O4/c32-23-15-29(14-16-8-10-27-11-9-16)26(33)22-13-20-19-6-1-2-7-21(19)28-24(20)25(30(22)23)17-4-3-5-18(12-17)31(34)35/h1-12,22,25,28,34H,13-15H2/q-1/t22-,25?/m0/s1. The van der Waals surface area contributed by atoms with Crippen molar-refractivity contribution in [2.24, 2.45) is 0 Å². The number of amides is 2. The van der Waals surface area contributed by atoms with Gasteiger partial charge < -0.3 is 25.2 Å². The SMILES string of the molecule is O=C1[C@@H]2Cc3c([nH]c4ccccc34)C(c3cccc(N([O-])O)c3)N2C(=O)CN1Cc1ccncc1. The number of benzene rings is 2. The van der Waals surface area contributed by atoms with Crippen LogP contribution in [-0.2, 0) is 22.6 Å². The van der Waals surface area contributed by atoms with Crippen molar-refractivity contribution in [1.29, 1.82) is 0 Å². The minimum atomic E-state index is -0.684. The molecular weight excluding hydrogens is 446 g/mol. The van der Waals surface area contributed by atoms with E-state index in [1.807, 2.05) is 36.4 Å². The number of nitrogens with one attached hydrogen (secondary N) is 1. The Hall–Kier alpha value is -4.21. The summed E-state index contributed by atoms with van der Waals surface area (Å²) in [6.07, 6.45) is 3.72. The lowest BCUT2D eigenvalue weighted by atomic mass is 9.86. The Morgan fingerprint density at radius 3 is 2.69 bits per heavy atom. The van der Waals surface area contributed by atoms with Gasteiger partial charge in [0, 0.05) is 42.0 Å². The normalized spacial score (nSPS) is 19.6. The van der Waals surface area contributed by atoms with Crippen molar-refractivity contribution in [2.45, 2.75) is 25.0 Å². The van der Waals surface area contributed by atoms with Crippen LogP contribution < -0.4 is 5.23 Å². The van der Waals surface area contributed by atoms with E-state index >= 15 is 0 Å². The largest absolute Gasteiger partial charge is 0.733 e. The van der Waals surface area contributed by atoms with Gasteiger partial charge in [0.05, 0.1) is 11.7 Å². The van der Waals surface area contributed by atoms with Crippen LogP contribution in [0.5, 0.6) is 0 Å². The zero-order valence-electron chi connectivity index (χ0n) is 18.7. The van der Waals surface area contributed by atoms with Crippen LogP contribution in [0.15, 0.2) is 73.1 Å². The summed E-state index contributed by atoms with van der Waals surface area (Å²) in [5, 5.41) is 21.9. The first-order chi connectivity index (χ1) is 17.0. The predicted molar refractivity (Wildman–Crippen MR) is 128 cm³/mol. The van der Waals surface area contributed by atoms with Crippen LogP contribution in [0.25, 0.3) is 10.9 Å². The molecule has 2 atom stereocenters. The highest BCUT2D eigenvalue weighted by Crippen LogP contribution is 2.43. The molecule has 0 saturated carbocycles. The molecule has 2 aliphatic heterocycles. The van der Waals surface area contributed by atoms with Crippen LogP contribution in [0, 0.1) is 5.21 Å². The van der Waals surface area contributed by atoms with Crippen molar-refractivity contribution in [3.63, 3.8) is 0 Å². The highest BCUT2D eigenvalue weighted by molar-refractivity contribution is 5.97. The fourth-order valence-corrected chi connectivity index (χ4v) is 5.33. The summed E-state index contributed by atoms with van der Waals surface area (Å²) in [6, 6.07) is 16.7. The summed E-state index contributed by atoms with van der Waals surface area (Å²) >= 11 is 0. The van der Waals surface area contributed by atoms with Crippen molar-refractivity contribution in [1.82, 2.24) is 19.8 Å². The van der Waals surface area contributed by atoms with Gasteiger partial charge in [-0.2, -0.15) is 0 Å². The number of anilines is 1. The molecule has 4 aromatic rings. The summed E-state index contributed by atoms with van der Waals surface area (Å²) in [6.45, 7) is 0.283. The number of piperazine rings is 1. The number of aromatic nitrogens is 2. The smallest absolute Gasteiger partial charge is 0.246 e. The number of para-hydroxylation sites is 1. The molecule has 2 aromatic heterocycles. The third-order valence-electron chi connectivity index (χ3n) is 6.87. The molecule has 2 aromatic carbocycles. The average molecular weight is 468 g/mol. The predicted octanol–water partition coefficient (Wildman–Crippen LogP) is 3.14. The van der Waals surface area contributed by atoms with Gasteiger partial charge in [-0.3, -0.25) is 19.8 Å². The molecule has 0 radical (unpaired) electrons. The second kappa shape index (κ2) is 8.23. The van der Waals surface area contributed by atoms with E-state index in [0.29, 0.717) is 18.5 Å². The van der Waals surface area contributed by atoms with Gasteiger partial charge in [-0.15, -0.1) is 0 Å². The van der Waals surface area contributed by atoms with Crippen molar-refractivity contribution in [2.75, 3.05) is 11.8 Å². The van der Waals surface area contributed by atoms with Gasteiger partial charge >= 0.3 is 0 Å². The van der Waals surface area contributed by atoms with Gasteiger partial charge in [0.1, 0.15) is 12.6 Å². The topological polar surface area (TPSA) is 116 Å². The lowest BCUT2D eigenvalue weighted by Crippen LogP contribution is -2.62. The summed E-state index contributed by atoms with van der Waals surface area (Å²) in [5.74, 6) is -0.294. The lowest BCUT2D eigenvalue weighted by Gasteiger charge is -2.47. The maximum atomic E-state index is 13.7. The number of fused-ring (bicyclic) bond motifs is 4. The highest BCUT2D eigenvalue weighted by atomic mass is 16.8. The summed E-state index contributed by atoms with van der Waals surface area (Å²) in [7, 11) is 0. The van der Waals surface area contributed by atoms with E-state index in [9.17, 15) is 20.0 Å². The fraction of sp³-hybridized carbons (Fsp3) is 0.192. The Morgan fingerprint density at radius 2 is 1.89 bits per heavy atom. The molecule has 176 valence electrons. The number of rotatable bonds is 4. The second-order valence-electron chi connectivity index (χ2n) is 8.90. The van der Waals surface area contributed by atoms with Gasteiger partial charge in [0.2, 0.25) is 11.8 Å². The fourth-order valence-electron chi connectivity index (χ4n) is 5.33. The quantitative estimate of drug-likeness (QED) is 0.445. The van der Waals surface area contributed by atoms with E-state index < -0.39 is 12.1 Å². The number of carbonyl (C=O) groups is 2. The Bertz CT molecular complexity index is 1430. The number of carbonyl (C=O) groups excluding carboxylic acids is 2. The number of hydrogen-bond donors (Lipinski definition) is 2. The van der Waals surface area contributed by atoms with Crippen molar-refractivity contribution in [3.8, 4) is 0 Å². The molecule has 1 unspecified atom stereocenters. The second-order valence-corrected chi connectivity index (χ2v) is 8.90. The Labute approximate surface area is 200 Å². The molecule has 1 saturated heterocycles. The zero-order chi connectivity index (χ0) is 24.1. The number of nitrogens with zero attached hydrogens (tertiary/aromatic N) is 4. The van der Waals surface area contributed by atoms with Crippen LogP contribution >= 0.6 is 0 Å². The molecule has 1 fully saturated rings. The molecule has 2 amide bonds. The molecule has 2 N–H and O–H groups in total. The van der Waals surface area contributed by atoms with E-state index in [0.717, 1.165) is 27.7 Å². The van der Waals surface area contributed by atoms with E-state index in [1.165, 1.54) is 6.07 Å². The lowest BCUT2D eigenvalue weighted by molar-refractivity contribution is -0.159. The third-order valence-corrected chi connectivity index (χ3v) is 6.87. The van der Waals surface area contributed by atoms with Gasteiger partial charge in [0.25, 0.3) is 0 Å². The Balaban J connectivity index is 1.47. The summed E-state index contributed by atoms with van der Waals surface area (Å²) < 4.78 is 0. The van der Waals surface area contributed by atoms with Gasteiger partial charge in [-0.25, -0.2) is 0 Å². The minimum absolute atomic E-state index is 0.0446. The highest BCUT2D eigenvalue weighted by Gasteiger charge is 2.48. The molecule has 0 aliphatic carbocycles. The molecule has 2 aliphatic rings. The molecule has 0 bridgehead atoms. The van der Waals surface area contributed by atoms with Crippen LogP contribution in [0.4, 0.5) is 5.69 Å². The van der Waals surface area contributed by atoms with Crippen LogP contribution in [-0.4, -0.2) is 49.4 Å². The monoisotopic (exact) mass is 468 g/mol. The maximum Gasteiger partial charge on any atom is 0.246 e. The first-order valence-electron chi connectivity index (χ1n) is 11.4.